The van der Waals surface area contributed by atoms with Crippen molar-refractivity contribution < 1.29 is 14.0 Å². The van der Waals surface area contributed by atoms with Gasteiger partial charge in [-0.2, -0.15) is 14.6 Å². The number of aryl methyl sites for hydroxylation is 1. The lowest BCUT2D eigenvalue weighted by Gasteiger charge is -2.32. The van der Waals surface area contributed by atoms with Crippen molar-refractivity contribution in [3.63, 3.8) is 0 Å². The Morgan fingerprint density at radius 2 is 1.87 bits per heavy atom. The van der Waals surface area contributed by atoms with Gasteiger partial charge in [-0.25, -0.2) is 14.6 Å². The number of aromatic nitrogens is 6. The minimum absolute atomic E-state index is 0.0864. The molecule has 194 valence electrons. The molecule has 0 saturated carbocycles. The Balaban J connectivity index is 1.10. The number of furan rings is 1. The van der Waals surface area contributed by atoms with Crippen molar-refractivity contribution in [2.24, 2.45) is 7.05 Å². The van der Waals surface area contributed by atoms with E-state index in [9.17, 15) is 9.59 Å². The molecule has 0 atom stereocenters. The van der Waals surface area contributed by atoms with E-state index in [1.165, 1.54) is 4.52 Å². The number of urea groups is 2. The van der Waals surface area contributed by atoms with Crippen molar-refractivity contribution in [2.75, 3.05) is 18.4 Å². The van der Waals surface area contributed by atoms with Gasteiger partial charge in [0.05, 0.1) is 11.6 Å². The van der Waals surface area contributed by atoms with E-state index in [1.54, 1.807) is 41.2 Å². The highest BCUT2D eigenvalue weighted by atomic mass is 16.3. The number of fused-ring (bicyclic) bond motifs is 3. The van der Waals surface area contributed by atoms with Crippen LogP contribution in [0.3, 0.4) is 0 Å². The number of likely N-dealkylation sites (tertiary alicyclic amines) is 1. The fourth-order valence-electron chi connectivity index (χ4n) is 4.53. The van der Waals surface area contributed by atoms with Crippen LogP contribution in [0.2, 0.25) is 0 Å². The number of benzene rings is 1. The number of hydrogen-bond donors (Lipinski definition) is 3. The molecule has 5 aromatic rings. The molecule has 13 nitrogen and oxygen atoms in total. The first-order chi connectivity index (χ1) is 18.5. The summed E-state index contributed by atoms with van der Waals surface area (Å²) in [6, 6.07) is 12.7. The average molecular weight is 515 g/mol. The predicted molar refractivity (Wildman–Crippen MR) is 138 cm³/mol. The number of anilines is 1. The fraction of sp³-hybridized carbons (Fsp3) is 0.280. The molecule has 3 N–H and O–H groups in total. The minimum Gasteiger partial charge on any atom is -0.461 e. The van der Waals surface area contributed by atoms with Crippen LogP contribution >= 0.6 is 0 Å². The molecule has 0 unspecified atom stereocenters. The third-order valence-corrected chi connectivity index (χ3v) is 6.44. The molecule has 13 heteroatoms. The fourth-order valence-corrected chi connectivity index (χ4v) is 4.53. The maximum absolute atomic E-state index is 12.9. The maximum atomic E-state index is 12.9. The zero-order valence-corrected chi connectivity index (χ0v) is 20.7. The van der Waals surface area contributed by atoms with Crippen LogP contribution in [0.4, 0.5) is 15.5 Å². The minimum atomic E-state index is -0.420. The summed E-state index contributed by atoms with van der Waals surface area (Å²) in [5.74, 6) is 1.06. The van der Waals surface area contributed by atoms with Crippen LogP contribution in [-0.4, -0.2) is 65.5 Å². The summed E-state index contributed by atoms with van der Waals surface area (Å²) in [6.45, 7) is 1.57. The molecule has 0 radical (unpaired) electrons. The summed E-state index contributed by atoms with van der Waals surface area (Å²) >= 11 is 0. The van der Waals surface area contributed by atoms with Crippen LogP contribution in [0.25, 0.3) is 28.3 Å². The van der Waals surface area contributed by atoms with Crippen LogP contribution in [0, 0.1) is 0 Å². The van der Waals surface area contributed by atoms with Crippen LogP contribution < -0.4 is 16.0 Å². The summed E-state index contributed by atoms with van der Waals surface area (Å²) in [5, 5.41) is 18.3. The second-order valence-electron chi connectivity index (χ2n) is 9.13. The Morgan fingerprint density at radius 3 is 2.63 bits per heavy atom. The average Bonchev–Trinajstić information content (AvgIpc) is 3.67. The lowest BCUT2D eigenvalue weighted by Crippen LogP contribution is -2.50. The summed E-state index contributed by atoms with van der Waals surface area (Å²) < 4.78 is 8.54. The number of amides is 4. The SMILES string of the molecule is Cn1cc2c(nc(NC(=O)NC3CCN(C(=O)NCc4ccccc4)CC3)n3nc(-c4ccco4)nc23)n1. The molecule has 6 rings (SSSR count). The number of carbonyl (C=O) groups excluding carboxylic acids is 2. The molecule has 1 aliphatic heterocycles. The molecule has 38 heavy (non-hydrogen) atoms. The normalized spacial score (nSPS) is 14.2. The van der Waals surface area contributed by atoms with Gasteiger partial charge in [0.1, 0.15) is 0 Å². The molecular formula is C25H26N10O3. The largest absolute Gasteiger partial charge is 0.461 e. The van der Waals surface area contributed by atoms with Gasteiger partial charge >= 0.3 is 12.1 Å². The Labute approximate surface area is 216 Å². The molecule has 1 aromatic carbocycles. The predicted octanol–water partition coefficient (Wildman–Crippen LogP) is 2.77. The Morgan fingerprint density at radius 1 is 1.05 bits per heavy atom. The van der Waals surface area contributed by atoms with E-state index < -0.39 is 6.03 Å². The molecule has 5 heterocycles. The van der Waals surface area contributed by atoms with Crippen LogP contribution in [0.15, 0.2) is 59.3 Å². The van der Waals surface area contributed by atoms with E-state index >= 15 is 0 Å². The van der Waals surface area contributed by atoms with E-state index in [-0.39, 0.29) is 18.0 Å². The molecule has 4 amide bonds. The van der Waals surface area contributed by atoms with Crippen molar-refractivity contribution in [1.29, 1.82) is 0 Å². The summed E-state index contributed by atoms with van der Waals surface area (Å²) in [4.78, 5) is 36.3. The second-order valence-corrected chi connectivity index (χ2v) is 9.13. The van der Waals surface area contributed by atoms with Gasteiger partial charge in [0, 0.05) is 38.9 Å². The Bertz CT molecular complexity index is 1580. The van der Waals surface area contributed by atoms with Crippen molar-refractivity contribution in [1.82, 2.24) is 44.9 Å². The highest BCUT2D eigenvalue weighted by molar-refractivity contribution is 5.93. The highest BCUT2D eigenvalue weighted by Crippen LogP contribution is 2.24. The standard InChI is InChI=1S/C25H26N10O3/c1-33-15-18-20(31-33)29-23(35-22(18)28-21(32-35)19-8-5-13-38-19)30-24(36)27-17-9-11-34(12-10-17)25(37)26-14-16-6-3-2-4-7-16/h2-8,13,15,17H,9-12,14H2,1H3,(H,26,37)(H2,27,29,30,31,36). The number of hydrogen-bond acceptors (Lipinski definition) is 7. The summed E-state index contributed by atoms with van der Waals surface area (Å²) in [7, 11) is 1.79. The zero-order chi connectivity index (χ0) is 26.1. The van der Waals surface area contributed by atoms with Crippen molar-refractivity contribution in [3.05, 3.63) is 60.5 Å². The lowest BCUT2D eigenvalue weighted by atomic mass is 10.1. The molecule has 0 spiro atoms. The second kappa shape index (κ2) is 9.84. The van der Waals surface area contributed by atoms with Gasteiger partial charge < -0.3 is 20.0 Å². The highest BCUT2D eigenvalue weighted by Gasteiger charge is 2.25. The van der Waals surface area contributed by atoms with Crippen LogP contribution in [0.1, 0.15) is 18.4 Å². The zero-order valence-electron chi connectivity index (χ0n) is 20.7. The first-order valence-corrected chi connectivity index (χ1v) is 12.3. The molecule has 0 bridgehead atoms. The molecule has 1 fully saturated rings. The van der Waals surface area contributed by atoms with E-state index in [0.717, 1.165) is 5.56 Å². The number of nitrogens with zero attached hydrogens (tertiary/aromatic N) is 7. The molecule has 1 saturated heterocycles. The molecule has 1 aliphatic rings. The van der Waals surface area contributed by atoms with Crippen LogP contribution in [-0.2, 0) is 13.6 Å². The third-order valence-electron chi connectivity index (χ3n) is 6.44. The van der Waals surface area contributed by atoms with E-state index in [0.29, 0.717) is 60.7 Å². The maximum Gasteiger partial charge on any atom is 0.321 e. The number of nitrogens with one attached hydrogen (secondary N) is 3. The van der Waals surface area contributed by atoms with Crippen LogP contribution in [0.5, 0.6) is 0 Å². The lowest BCUT2D eigenvalue weighted by molar-refractivity contribution is 0.176. The summed E-state index contributed by atoms with van der Waals surface area (Å²) in [6.07, 6.45) is 4.62. The van der Waals surface area contributed by atoms with E-state index in [1.807, 2.05) is 30.3 Å². The Hall–Kier alpha value is -4.94. The van der Waals surface area contributed by atoms with Crippen molar-refractivity contribution in [2.45, 2.75) is 25.4 Å². The Kier molecular flexibility index (Phi) is 6.08. The smallest absolute Gasteiger partial charge is 0.321 e. The van der Waals surface area contributed by atoms with Gasteiger partial charge in [0.2, 0.25) is 11.8 Å². The van der Waals surface area contributed by atoms with E-state index in [2.05, 4.69) is 36.1 Å². The van der Waals surface area contributed by atoms with Gasteiger partial charge in [-0.1, -0.05) is 30.3 Å². The van der Waals surface area contributed by atoms with Gasteiger partial charge in [-0.05, 0) is 30.5 Å². The monoisotopic (exact) mass is 514 g/mol. The first-order valence-electron chi connectivity index (χ1n) is 12.3. The van der Waals surface area contributed by atoms with Crippen molar-refractivity contribution >= 4 is 34.7 Å². The molecule has 0 aliphatic carbocycles. The van der Waals surface area contributed by atoms with Crippen molar-refractivity contribution in [3.8, 4) is 11.6 Å². The third kappa shape index (κ3) is 4.73. The quantitative estimate of drug-likeness (QED) is 0.327. The summed E-state index contributed by atoms with van der Waals surface area (Å²) in [5.41, 5.74) is 1.98. The first kappa shape index (κ1) is 23.5. The molecule has 4 aromatic heterocycles. The van der Waals surface area contributed by atoms with Gasteiger partial charge in [-0.3, -0.25) is 10.00 Å². The molecular weight excluding hydrogens is 488 g/mol. The van der Waals surface area contributed by atoms with Gasteiger partial charge in [0.15, 0.2) is 17.1 Å². The number of piperidine rings is 1. The number of carbonyl (C=O) groups is 2. The van der Waals surface area contributed by atoms with Gasteiger partial charge in [-0.15, -0.1) is 5.10 Å². The topological polar surface area (TPSA) is 148 Å². The van der Waals surface area contributed by atoms with Gasteiger partial charge in [0.25, 0.3) is 0 Å². The van der Waals surface area contributed by atoms with E-state index in [4.69, 9.17) is 4.42 Å². The number of rotatable bonds is 5.